The summed E-state index contributed by atoms with van der Waals surface area (Å²) in [6, 6.07) is 0.215. The number of ether oxygens (including phenoxy) is 1. The molecule has 0 aliphatic heterocycles. The van der Waals surface area contributed by atoms with Crippen LogP contribution in [0.4, 0.5) is 16.0 Å². The van der Waals surface area contributed by atoms with E-state index in [2.05, 4.69) is 25.7 Å². The molecule has 0 aromatic carbocycles. The Bertz CT molecular complexity index is 791. The Morgan fingerprint density at radius 3 is 2.86 bits per heavy atom. The number of hydrogen-bond donors (Lipinski definition) is 3. The van der Waals surface area contributed by atoms with Gasteiger partial charge in [0.25, 0.3) is 5.88 Å². The summed E-state index contributed by atoms with van der Waals surface area (Å²) in [6.07, 6.45) is 7.93. The Labute approximate surface area is 162 Å². The highest BCUT2D eigenvalue weighted by molar-refractivity contribution is 5.73. The van der Waals surface area contributed by atoms with Crippen molar-refractivity contribution >= 4 is 17.5 Å². The summed E-state index contributed by atoms with van der Waals surface area (Å²) in [5.74, 6) is -0.218. The highest BCUT2D eigenvalue weighted by Gasteiger charge is 2.22. The minimum atomic E-state index is -0.617. The number of hydrogen-bond acceptors (Lipinski definition) is 7. The molecule has 0 radical (unpaired) electrons. The van der Waals surface area contributed by atoms with Crippen molar-refractivity contribution in [2.24, 2.45) is 5.92 Å². The number of rotatable bonds is 8. The van der Waals surface area contributed by atoms with Gasteiger partial charge in [-0.15, -0.1) is 0 Å². The summed E-state index contributed by atoms with van der Waals surface area (Å²) in [5.41, 5.74) is 0.627. The third kappa shape index (κ3) is 5.62. The summed E-state index contributed by atoms with van der Waals surface area (Å²) < 4.78 is 21.2. The second-order valence-electron chi connectivity index (χ2n) is 6.92. The number of anilines is 2. The van der Waals surface area contributed by atoms with E-state index < -0.39 is 5.82 Å². The highest BCUT2D eigenvalue weighted by Crippen LogP contribution is 2.26. The molecule has 3 rings (SSSR count). The molecule has 9 nitrogen and oxygen atoms in total. The molecule has 10 heteroatoms. The summed E-state index contributed by atoms with van der Waals surface area (Å²) in [6.45, 7) is 2.26. The molecule has 1 aliphatic carbocycles. The van der Waals surface area contributed by atoms with Crippen LogP contribution in [0, 0.1) is 11.7 Å². The van der Waals surface area contributed by atoms with E-state index in [1.54, 1.807) is 17.1 Å². The first kappa shape index (κ1) is 20.0. The van der Waals surface area contributed by atoms with Crippen LogP contribution in [0.2, 0.25) is 0 Å². The van der Waals surface area contributed by atoms with Crippen molar-refractivity contribution in [3.8, 4) is 5.88 Å². The maximum atomic E-state index is 14.0. The summed E-state index contributed by atoms with van der Waals surface area (Å²) in [7, 11) is 0. The number of halogens is 1. The van der Waals surface area contributed by atoms with Crippen molar-refractivity contribution in [2.45, 2.75) is 45.2 Å². The third-order valence-corrected chi connectivity index (χ3v) is 4.64. The van der Waals surface area contributed by atoms with Crippen molar-refractivity contribution in [1.82, 2.24) is 25.1 Å². The maximum Gasteiger partial charge on any atom is 0.255 e. The number of nitrogens with one attached hydrogen (secondary N) is 2. The van der Waals surface area contributed by atoms with Crippen molar-refractivity contribution in [1.29, 1.82) is 0 Å². The van der Waals surface area contributed by atoms with Crippen LogP contribution in [0.1, 0.15) is 32.6 Å². The van der Waals surface area contributed by atoms with Crippen molar-refractivity contribution in [2.75, 3.05) is 18.5 Å². The molecule has 2 heterocycles. The first-order chi connectivity index (χ1) is 13.5. The van der Waals surface area contributed by atoms with Crippen molar-refractivity contribution < 1.29 is 19.0 Å². The standard InChI is InChI=1S/C18H25FN6O3/c1-12(27)22-14-4-2-13(3-5-14)11-28-17-16(19)9-20-18(24-17)23-15-8-21-25(10-15)6-7-26/h8-10,13-14,26H,2-7,11H2,1H3,(H,22,27)(H,20,23,24)/t13-,14-. The second kappa shape index (κ2) is 9.45. The van der Waals surface area contributed by atoms with Gasteiger partial charge in [-0.1, -0.05) is 0 Å². The van der Waals surface area contributed by atoms with E-state index >= 15 is 0 Å². The molecular formula is C18H25FN6O3. The minimum Gasteiger partial charge on any atom is -0.475 e. The Morgan fingerprint density at radius 1 is 1.36 bits per heavy atom. The molecule has 3 N–H and O–H groups in total. The van der Waals surface area contributed by atoms with E-state index in [9.17, 15) is 9.18 Å². The molecule has 2 aromatic rings. The normalized spacial score (nSPS) is 19.2. The average Bonchev–Trinajstić information content (AvgIpc) is 3.10. The fraction of sp³-hybridized carbons (Fsp3) is 0.556. The molecule has 0 atom stereocenters. The van der Waals surface area contributed by atoms with E-state index in [1.165, 1.54) is 6.92 Å². The quantitative estimate of drug-likeness (QED) is 0.625. The fourth-order valence-corrected chi connectivity index (χ4v) is 3.25. The number of aliphatic hydroxyl groups excluding tert-OH is 1. The lowest BCUT2D eigenvalue weighted by Crippen LogP contribution is -2.37. The molecule has 1 saturated carbocycles. The number of aromatic nitrogens is 4. The first-order valence-corrected chi connectivity index (χ1v) is 9.36. The number of carbonyl (C=O) groups excluding carboxylic acids is 1. The van der Waals surface area contributed by atoms with Crippen LogP contribution in [0.15, 0.2) is 18.6 Å². The van der Waals surface area contributed by atoms with Crippen LogP contribution < -0.4 is 15.4 Å². The molecule has 1 aliphatic rings. The molecule has 28 heavy (non-hydrogen) atoms. The van der Waals surface area contributed by atoms with E-state index in [1.807, 2.05) is 0 Å². The van der Waals surface area contributed by atoms with Crippen LogP contribution in [0.25, 0.3) is 0 Å². The van der Waals surface area contributed by atoms with E-state index in [0.717, 1.165) is 31.9 Å². The van der Waals surface area contributed by atoms with Gasteiger partial charge < -0.3 is 20.5 Å². The molecule has 0 spiro atoms. The zero-order valence-electron chi connectivity index (χ0n) is 15.8. The SMILES string of the molecule is CC(=O)N[C@H]1CC[C@H](COc2nc(Nc3cnn(CCO)c3)ncc2F)CC1. The van der Waals surface area contributed by atoms with Gasteiger partial charge in [-0.3, -0.25) is 9.48 Å². The summed E-state index contributed by atoms with van der Waals surface area (Å²) >= 11 is 0. The Balaban J connectivity index is 1.53. The van der Waals surface area contributed by atoms with E-state index in [-0.39, 0.29) is 30.4 Å². The Hall–Kier alpha value is -2.75. The van der Waals surface area contributed by atoms with Crippen molar-refractivity contribution in [3.63, 3.8) is 0 Å². The number of nitrogens with zero attached hydrogens (tertiary/aromatic N) is 4. The van der Waals surface area contributed by atoms with Gasteiger partial charge in [-0.05, 0) is 31.6 Å². The van der Waals surface area contributed by atoms with E-state index in [4.69, 9.17) is 9.84 Å². The smallest absolute Gasteiger partial charge is 0.255 e. The van der Waals surface area contributed by atoms with Gasteiger partial charge >= 0.3 is 0 Å². The molecule has 1 amide bonds. The predicted molar refractivity (Wildman–Crippen MR) is 99.6 cm³/mol. The summed E-state index contributed by atoms with van der Waals surface area (Å²) in [4.78, 5) is 19.1. The zero-order valence-corrected chi connectivity index (χ0v) is 15.8. The number of carbonyl (C=O) groups is 1. The largest absolute Gasteiger partial charge is 0.475 e. The summed E-state index contributed by atoms with van der Waals surface area (Å²) in [5, 5.41) is 18.9. The van der Waals surface area contributed by atoms with Crippen LogP contribution in [-0.4, -0.2) is 50.0 Å². The number of amides is 1. The topological polar surface area (TPSA) is 114 Å². The molecular weight excluding hydrogens is 367 g/mol. The molecule has 2 aromatic heterocycles. The third-order valence-electron chi connectivity index (χ3n) is 4.64. The lowest BCUT2D eigenvalue weighted by atomic mass is 9.86. The highest BCUT2D eigenvalue weighted by atomic mass is 19.1. The second-order valence-corrected chi connectivity index (χ2v) is 6.92. The van der Waals surface area contributed by atoms with Crippen LogP contribution in [0.5, 0.6) is 5.88 Å². The van der Waals surface area contributed by atoms with Gasteiger partial charge in [0.2, 0.25) is 17.7 Å². The lowest BCUT2D eigenvalue weighted by Gasteiger charge is -2.28. The Kier molecular flexibility index (Phi) is 6.75. The molecule has 0 unspecified atom stereocenters. The predicted octanol–water partition coefficient (Wildman–Crippen LogP) is 1.62. The molecule has 0 bridgehead atoms. The number of aliphatic hydroxyl groups is 1. The van der Waals surface area contributed by atoms with Gasteiger partial charge in [0.15, 0.2) is 0 Å². The fourth-order valence-electron chi connectivity index (χ4n) is 3.25. The van der Waals surface area contributed by atoms with Crippen LogP contribution in [0.3, 0.4) is 0 Å². The van der Waals surface area contributed by atoms with Gasteiger partial charge in [0, 0.05) is 19.2 Å². The average molecular weight is 392 g/mol. The molecule has 1 fully saturated rings. The molecule has 152 valence electrons. The van der Waals surface area contributed by atoms with Gasteiger partial charge in [0.05, 0.1) is 37.8 Å². The monoisotopic (exact) mass is 392 g/mol. The Morgan fingerprint density at radius 2 is 2.14 bits per heavy atom. The van der Waals surface area contributed by atoms with Crippen LogP contribution >= 0.6 is 0 Å². The molecule has 0 saturated heterocycles. The van der Waals surface area contributed by atoms with E-state index in [0.29, 0.717) is 24.8 Å². The first-order valence-electron chi connectivity index (χ1n) is 9.36. The lowest BCUT2D eigenvalue weighted by molar-refractivity contribution is -0.119. The van der Waals surface area contributed by atoms with Gasteiger partial charge in [-0.25, -0.2) is 4.98 Å². The van der Waals surface area contributed by atoms with Crippen molar-refractivity contribution in [3.05, 3.63) is 24.4 Å². The van der Waals surface area contributed by atoms with Gasteiger partial charge in [-0.2, -0.15) is 14.5 Å². The van der Waals surface area contributed by atoms with Gasteiger partial charge in [0.1, 0.15) is 0 Å². The maximum absolute atomic E-state index is 14.0. The minimum absolute atomic E-state index is 0.00955. The zero-order chi connectivity index (χ0) is 19.9. The van der Waals surface area contributed by atoms with Crippen LogP contribution in [-0.2, 0) is 11.3 Å².